The Kier molecular flexibility index (Phi) is 4.91. The first-order valence-corrected chi connectivity index (χ1v) is 6.25. The molecule has 0 heterocycles. The molecule has 1 aromatic rings. The summed E-state index contributed by atoms with van der Waals surface area (Å²) in [5, 5.41) is 9.49. The molecule has 0 saturated carbocycles. The Balaban J connectivity index is 3.01. The number of ether oxygens (including phenoxy) is 1. The molecule has 0 bridgehead atoms. The van der Waals surface area contributed by atoms with Gasteiger partial charge in [0.1, 0.15) is 6.10 Å². The van der Waals surface area contributed by atoms with Crippen molar-refractivity contribution in [2.24, 2.45) is 11.3 Å². The molecular weight excluding hydrogens is 228 g/mol. The highest BCUT2D eigenvalue weighted by molar-refractivity contribution is 5.71. The zero-order chi connectivity index (χ0) is 13.8. The van der Waals surface area contributed by atoms with Crippen molar-refractivity contribution in [1.82, 2.24) is 0 Å². The van der Waals surface area contributed by atoms with Gasteiger partial charge >= 0.3 is 5.97 Å². The smallest absolute Gasteiger partial charge is 0.308 e. The number of aliphatic hydroxyl groups is 1. The second kappa shape index (κ2) is 6.01. The van der Waals surface area contributed by atoms with Gasteiger partial charge in [0.25, 0.3) is 0 Å². The van der Waals surface area contributed by atoms with Crippen LogP contribution < -0.4 is 0 Å². The molecule has 3 heteroatoms. The van der Waals surface area contributed by atoms with E-state index in [9.17, 15) is 9.90 Å². The number of carbonyl (C=O) groups is 1. The number of aliphatic hydroxyl groups excluding tert-OH is 1. The van der Waals surface area contributed by atoms with E-state index >= 15 is 0 Å². The predicted molar refractivity (Wildman–Crippen MR) is 71.0 cm³/mol. The third kappa shape index (κ3) is 3.57. The van der Waals surface area contributed by atoms with Crippen LogP contribution in [0.2, 0.25) is 0 Å². The molecule has 0 aliphatic heterocycles. The van der Waals surface area contributed by atoms with Crippen molar-refractivity contribution in [1.29, 1.82) is 0 Å². The van der Waals surface area contributed by atoms with E-state index in [0.717, 1.165) is 5.56 Å². The molecule has 18 heavy (non-hydrogen) atoms. The predicted octanol–water partition coefficient (Wildman–Crippen LogP) is 2.95. The molecule has 0 aliphatic rings. The number of carbonyl (C=O) groups excluding carboxylic acids is 1. The lowest BCUT2D eigenvalue weighted by Gasteiger charge is -2.33. The lowest BCUT2D eigenvalue weighted by Crippen LogP contribution is -2.31. The van der Waals surface area contributed by atoms with E-state index in [2.05, 4.69) is 0 Å². The fraction of sp³-hybridized carbons (Fsp3) is 0.533. The summed E-state index contributed by atoms with van der Waals surface area (Å²) in [5.74, 6) is -0.420. The summed E-state index contributed by atoms with van der Waals surface area (Å²) >= 11 is 0. The Hall–Kier alpha value is -1.35. The summed E-state index contributed by atoms with van der Waals surface area (Å²) < 4.78 is 5.55. The molecule has 1 atom stereocenters. The van der Waals surface area contributed by atoms with Gasteiger partial charge in [-0.25, -0.2) is 0 Å². The van der Waals surface area contributed by atoms with Crippen LogP contribution in [0.1, 0.15) is 39.4 Å². The van der Waals surface area contributed by atoms with Crippen LogP contribution in [0.5, 0.6) is 0 Å². The lowest BCUT2D eigenvalue weighted by atomic mass is 9.83. The number of esters is 1. The Labute approximate surface area is 109 Å². The van der Waals surface area contributed by atoms with Crippen LogP contribution in [-0.4, -0.2) is 17.7 Å². The average molecular weight is 250 g/mol. The number of rotatable bonds is 5. The number of benzene rings is 1. The van der Waals surface area contributed by atoms with Crippen molar-refractivity contribution in [2.75, 3.05) is 6.61 Å². The monoisotopic (exact) mass is 250 g/mol. The molecule has 0 fully saturated rings. The minimum atomic E-state index is -0.508. The second-order valence-corrected chi connectivity index (χ2v) is 5.53. The fourth-order valence-corrected chi connectivity index (χ4v) is 1.64. The highest BCUT2D eigenvalue weighted by atomic mass is 16.5. The van der Waals surface area contributed by atoms with Gasteiger partial charge in [0.2, 0.25) is 0 Å². The average Bonchev–Trinajstić information content (AvgIpc) is 2.36. The topological polar surface area (TPSA) is 46.5 Å². The van der Waals surface area contributed by atoms with Gasteiger partial charge in [-0.05, 0) is 5.56 Å². The van der Waals surface area contributed by atoms with Gasteiger partial charge < -0.3 is 9.84 Å². The molecule has 0 aromatic heterocycles. The van der Waals surface area contributed by atoms with Crippen molar-refractivity contribution < 1.29 is 14.6 Å². The van der Waals surface area contributed by atoms with Crippen molar-refractivity contribution in [2.45, 2.75) is 33.8 Å². The maximum Gasteiger partial charge on any atom is 0.308 e. The number of hydrogen-bond donors (Lipinski definition) is 1. The largest absolute Gasteiger partial charge is 0.457 e. The van der Waals surface area contributed by atoms with Crippen molar-refractivity contribution in [3.05, 3.63) is 35.9 Å². The highest BCUT2D eigenvalue weighted by Crippen LogP contribution is 2.36. The molecule has 1 rings (SSSR count). The summed E-state index contributed by atoms with van der Waals surface area (Å²) in [7, 11) is 0. The first-order chi connectivity index (χ1) is 8.38. The Bertz CT molecular complexity index is 382. The van der Waals surface area contributed by atoms with Crippen LogP contribution in [0.3, 0.4) is 0 Å². The van der Waals surface area contributed by atoms with Gasteiger partial charge in [-0.2, -0.15) is 0 Å². The van der Waals surface area contributed by atoms with Gasteiger partial charge in [0.05, 0.1) is 12.5 Å². The Morgan fingerprint density at radius 1 is 1.28 bits per heavy atom. The normalized spacial score (nSPS) is 13.4. The Morgan fingerprint density at radius 3 is 2.28 bits per heavy atom. The first kappa shape index (κ1) is 14.7. The zero-order valence-corrected chi connectivity index (χ0v) is 11.5. The van der Waals surface area contributed by atoms with Crippen molar-refractivity contribution in [3.8, 4) is 0 Å². The van der Waals surface area contributed by atoms with Crippen LogP contribution in [0, 0.1) is 11.3 Å². The SMILES string of the molecule is CC(C)C(=O)O[C@@H](c1ccccc1)C(C)(C)CO. The van der Waals surface area contributed by atoms with Crippen LogP contribution in [0.4, 0.5) is 0 Å². The molecule has 1 N–H and O–H groups in total. The molecule has 0 aliphatic carbocycles. The minimum Gasteiger partial charge on any atom is -0.457 e. The summed E-state index contributed by atoms with van der Waals surface area (Å²) in [6.45, 7) is 7.33. The van der Waals surface area contributed by atoms with Crippen LogP contribution in [-0.2, 0) is 9.53 Å². The van der Waals surface area contributed by atoms with Gasteiger partial charge in [-0.15, -0.1) is 0 Å². The molecule has 0 saturated heterocycles. The number of hydrogen-bond acceptors (Lipinski definition) is 3. The fourth-order valence-electron chi connectivity index (χ4n) is 1.64. The summed E-state index contributed by atoms with van der Waals surface area (Å²) in [5.41, 5.74) is 0.400. The quantitative estimate of drug-likeness (QED) is 0.817. The molecule has 0 amide bonds. The molecule has 100 valence electrons. The van der Waals surface area contributed by atoms with E-state index in [0.29, 0.717) is 0 Å². The third-order valence-corrected chi connectivity index (χ3v) is 2.93. The van der Waals surface area contributed by atoms with Crippen molar-refractivity contribution >= 4 is 5.97 Å². The van der Waals surface area contributed by atoms with Gasteiger partial charge in [-0.3, -0.25) is 4.79 Å². The maximum atomic E-state index is 11.8. The van der Waals surface area contributed by atoms with E-state index in [4.69, 9.17) is 4.74 Å². The Morgan fingerprint density at radius 2 is 1.83 bits per heavy atom. The molecule has 0 unspecified atom stereocenters. The van der Waals surface area contributed by atoms with Gasteiger partial charge in [0.15, 0.2) is 0 Å². The van der Waals surface area contributed by atoms with Crippen molar-refractivity contribution in [3.63, 3.8) is 0 Å². The van der Waals surface area contributed by atoms with E-state index in [1.54, 1.807) is 13.8 Å². The minimum absolute atomic E-state index is 0.0437. The van der Waals surface area contributed by atoms with E-state index in [-0.39, 0.29) is 18.5 Å². The standard InChI is InChI=1S/C15H22O3/c1-11(2)14(17)18-13(15(3,4)10-16)12-8-6-5-7-9-12/h5-9,11,13,16H,10H2,1-4H3/t13-/m0/s1. The van der Waals surface area contributed by atoms with Crippen LogP contribution in [0.15, 0.2) is 30.3 Å². The summed E-state index contributed by atoms with van der Waals surface area (Å²) in [6, 6.07) is 9.54. The molecular formula is C15H22O3. The molecule has 0 radical (unpaired) electrons. The van der Waals surface area contributed by atoms with Gasteiger partial charge in [-0.1, -0.05) is 58.0 Å². The van der Waals surface area contributed by atoms with E-state index in [1.165, 1.54) is 0 Å². The molecule has 3 nitrogen and oxygen atoms in total. The molecule has 1 aromatic carbocycles. The summed E-state index contributed by atoms with van der Waals surface area (Å²) in [4.78, 5) is 11.8. The maximum absolute atomic E-state index is 11.8. The zero-order valence-electron chi connectivity index (χ0n) is 11.5. The third-order valence-electron chi connectivity index (χ3n) is 2.93. The second-order valence-electron chi connectivity index (χ2n) is 5.53. The van der Waals surface area contributed by atoms with Crippen LogP contribution in [0.25, 0.3) is 0 Å². The van der Waals surface area contributed by atoms with E-state index in [1.807, 2.05) is 44.2 Å². The van der Waals surface area contributed by atoms with E-state index < -0.39 is 11.5 Å². The summed E-state index contributed by atoms with van der Waals surface area (Å²) in [6.07, 6.45) is -0.432. The first-order valence-electron chi connectivity index (χ1n) is 6.25. The van der Waals surface area contributed by atoms with Gasteiger partial charge in [0, 0.05) is 5.41 Å². The highest BCUT2D eigenvalue weighted by Gasteiger charge is 2.34. The molecule has 0 spiro atoms. The van der Waals surface area contributed by atoms with Crippen LogP contribution >= 0.6 is 0 Å². The lowest BCUT2D eigenvalue weighted by molar-refractivity contribution is -0.161.